The van der Waals surface area contributed by atoms with E-state index in [1.807, 2.05) is 6.92 Å². The fourth-order valence-corrected chi connectivity index (χ4v) is 0.361. The van der Waals surface area contributed by atoms with E-state index < -0.39 is 0 Å². The van der Waals surface area contributed by atoms with Crippen LogP contribution in [-0.2, 0) is 0 Å². The molecule has 0 amide bonds. The van der Waals surface area contributed by atoms with E-state index in [1.54, 1.807) is 0 Å². The molecule has 1 atom stereocenters. The van der Waals surface area contributed by atoms with E-state index in [0.717, 1.165) is 6.42 Å². The van der Waals surface area contributed by atoms with Gasteiger partial charge in [0.15, 0.2) is 0 Å². The molecule has 0 bridgehead atoms. The third-order valence-corrected chi connectivity index (χ3v) is 1.25. The van der Waals surface area contributed by atoms with Crippen molar-refractivity contribution in [2.45, 2.75) is 25.1 Å². The standard InChI is InChI=1S/C6H9Cl/c1-3-5-6(7)4-2/h1,6H,4-5H2,2H3. The Labute approximate surface area is 49.9 Å². The van der Waals surface area contributed by atoms with Crippen LogP contribution in [0.25, 0.3) is 0 Å². The maximum absolute atomic E-state index is 5.62. The average Bonchev–Trinajstić information content (AvgIpc) is 1.68. The summed E-state index contributed by atoms with van der Waals surface area (Å²) in [5.41, 5.74) is 0. The maximum Gasteiger partial charge on any atom is 0.0442 e. The van der Waals surface area contributed by atoms with Gasteiger partial charge in [-0.25, -0.2) is 0 Å². The molecule has 1 unspecified atom stereocenters. The van der Waals surface area contributed by atoms with Gasteiger partial charge in [-0.15, -0.1) is 23.9 Å². The van der Waals surface area contributed by atoms with E-state index in [9.17, 15) is 0 Å². The summed E-state index contributed by atoms with van der Waals surface area (Å²) in [4.78, 5) is 0. The van der Waals surface area contributed by atoms with Crippen LogP contribution in [0.3, 0.4) is 0 Å². The van der Waals surface area contributed by atoms with Gasteiger partial charge in [0, 0.05) is 11.8 Å². The molecule has 0 aromatic carbocycles. The van der Waals surface area contributed by atoms with Crippen molar-refractivity contribution < 1.29 is 0 Å². The molecule has 0 aromatic heterocycles. The van der Waals surface area contributed by atoms with Crippen molar-refractivity contribution in [3.8, 4) is 12.3 Å². The van der Waals surface area contributed by atoms with E-state index >= 15 is 0 Å². The van der Waals surface area contributed by atoms with Crippen molar-refractivity contribution in [1.82, 2.24) is 0 Å². The highest BCUT2D eigenvalue weighted by Crippen LogP contribution is 2.03. The topological polar surface area (TPSA) is 0 Å². The summed E-state index contributed by atoms with van der Waals surface area (Å²) in [6.07, 6.45) is 6.63. The van der Waals surface area contributed by atoms with E-state index in [-0.39, 0.29) is 5.38 Å². The van der Waals surface area contributed by atoms with Crippen molar-refractivity contribution in [3.63, 3.8) is 0 Å². The van der Waals surface area contributed by atoms with Gasteiger partial charge in [0.05, 0.1) is 0 Å². The zero-order valence-corrected chi connectivity index (χ0v) is 5.20. The molecule has 0 aliphatic heterocycles. The molecule has 0 nitrogen and oxygen atoms in total. The Morgan fingerprint density at radius 1 is 1.86 bits per heavy atom. The molecule has 0 aliphatic carbocycles. The van der Waals surface area contributed by atoms with Gasteiger partial charge in [0.2, 0.25) is 0 Å². The van der Waals surface area contributed by atoms with Crippen LogP contribution in [0.1, 0.15) is 19.8 Å². The molecule has 0 saturated carbocycles. The first-order chi connectivity index (χ1) is 3.31. The van der Waals surface area contributed by atoms with Gasteiger partial charge in [-0.05, 0) is 6.42 Å². The fourth-order valence-electron chi connectivity index (χ4n) is 0.272. The van der Waals surface area contributed by atoms with Gasteiger partial charge in [-0.1, -0.05) is 6.92 Å². The van der Waals surface area contributed by atoms with Crippen molar-refractivity contribution in [3.05, 3.63) is 0 Å². The van der Waals surface area contributed by atoms with Gasteiger partial charge in [-0.3, -0.25) is 0 Å². The normalized spacial score (nSPS) is 12.7. The molecular weight excluding hydrogens is 108 g/mol. The van der Waals surface area contributed by atoms with Crippen LogP contribution in [-0.4, -0.2) is 5.38 Å². The van der Waals surface area contributed by atoms with Crippen LogP contribution < -0.4 is 0 Å². The molecule has 0 aromatic rings. The predicted octanol–water partition coefficient (Wildman–Crippen LogP) is 2.03. The Morgan fingerprint density at radius 3 is 2.57 bits per heavy atom. The zero-order chi connectivity index (χ0) is 5.70. The highest BCUT2D eigenvalue weighted by atomic mass is 35.5. The molecule has 0 saturated heterocycles. The number of hydrogen-bond acceptors (Lipinski definition) is 0. The summed E-state index contributed by atoms with van der Waals surface area (Å²) in [5, 5.41) is 0.185. The Morgan fingerprint density at radius 2 is 2.43 bits per heavy atom. The Kier molecular flexibility index (Phi) is 3.93. The largest absolute Gasteiger partial charge is 0.122 e. The summed E-state index contributed by atoms with van der Waals surface area (Å²) in [7, 11) is 0. The van der Waals surface area contributed by atoms with E-state index in [2.05, 4.69) is 5.92 Å². The third-order valence-electron chi connectivity index (χ3n) is 0.782. The second-order valence-corrected chi connectivity index (χ2v) is 2.03. The van der Waals surface area contributed by atoms with Crippen molar-refractivity contribution in [2.75, 3.05) is 0 Å². The minimum Gasteiger partial charge on any atom is -0.122 e. The molecular formula is C6H9Cl. The summed E-state index contributed by atoms with van der Waals surface area (Å²) in [6.45, 7) is 2.02. The molecule has 0 spiro atoms. The first-order valence-corrected chi connectivity index (χ1v) is 2.82. The van der Waals surface area contributed by atoms with Crippen LogP contribution in [0.4, 0.5) is 0 Å². The number of rotatable bonds is 2. The molecule has 40 valence electrons. The first kappa shape index (κ1) is 6.85. The molecule has 7 heavy (non-hydrogen) atoms. The third kappa shape index (κ3) is 3.69. The molecule has 0 heterocycles. The maximum atomic E-state index is 5.62. The lowest BCUT2D eigenvalue weighted by atomic mass is 10.2. The van der Waals surface area contributed by atoms with Gasteiger partial charge in [0.25, 0.3) is 0 Å². The SMILES string of the molecule is C#CCC(Cl)CC. The Balaban J connectivity index is 3.03. The van der Waals surface area contributed by atoms with Crippen LogP contribution in [0, 0.1) is 12.3 Å². The van der Waals surface area contributed by atoms with E-state index in [0.29, 0.717) is 6.42 Å². The molecule has 0 radical (unpaired) electrons. The smallest absolute Gasteiger partial charge is 0.0442 e. The van der Waals surface area contributed by atoms with Gasteiger partial charge < -0.3 is 0 Å². The summed E-state index contributed by atoms with van der Waals surface area (Å²) in [6, 6.07) is 0. The quantitative estimate of drug-likeness (QED) is 0.383. The molecule has 0 fully saturated rings. The summed E-state index contributed by atoms with van der Waals surface area (Å²) in [5.74, 6) is 2.49. The van der Waals surface area contributed by atoms with Crippen molar-refractivity contribution in [2.24, 2.45) is 0 Å². The molecule has 1 heteroatoms. The lowest BCUT2D eigenvalue weighted by molar-refractivity contribution is 0.839. The lowest BCUT2D eigenvalue weighted by Crippen LogP contribution is -1.91. The number of hydrogen-bond donors (Lipinski definition) is 0. The molecule has 0 rings (SSSR count). The van der Waals surface area contributed by atoms with Crippen LogP contribution in [0.2, 0.25) is 0 Å². The highest BCUT2D eigenvalue weighted by Gasteiger charge is 1.94. The van der Waals surface area contributed by atoms with Gasteiger partial charge >= 0.3 is 0 Å². The van der Waals surface area contributed by atoms with Gasteiger partial charge in [0.1, 0.15) is 0 Å². The van der Waals surface area contributed by atoms with Crippen molar-refractivity contribution in [1.29, 1.82) is 0 Å². The molecule has 0 aliphatic rings. The summed E-state index contributed by atoms with van der Waals surface area (Å²) >= 11 is 5.62. The predicted molar refractivity (Wildman–Crippen MR) is 33.4 cm³/mol. The second-order valence-electron chi connectivity index (χ2n) is 1.41. The lowest BCUT2D eigenvalue weighted by Gasteiger charge is -1.95. The summed E-state index contributed by atoms with van der Waals surface area (Å²) < 4.78 is 0. The minimum absolute atomic E-state index is 0.185. The van der Waals surface area contributed by atoms with Crippen LogP contribution in [0.15, 0.2) is 0 Å². The first-order valence-electron chi connectivity index (χ1n) is 2.38. The highest BCUT2D eigenvalue weighted by molar-refractivity contribution is 6.20. The monoisotopic (exact) mass is 116 g/mol. The van der Waals surface area contributed by atoms with Crippen molar-refractivity contribution >= 4 is 11.6 Å². The zero-order valence-electron chi connectivity index (χ0n) is 4.45. The number of halogens is 1. The Bertz CT molecular complexity index is 70.7. The van der Waals surface area contributed by atoms with E-state index in [1.165, 1.54) is 0 Å². The number of alkyl halides is 1. The fraction of sp³-hybridized carbons (Fsp3) is 0.667. The number of terminal acetylenes is 1. The van der Waals surface area contributed by atoms with Crippen LogP contribution >= 0.6 is 11.6 Å². The minimum atomic E-state index is 0.185. The second kappa shape index (κ2) is 4.02. The van der Waals surface area contributed by atoms with Gasteiger partial charge in [-0.2, -0.15) is 0 Å². The Hall–Kier alpha value is -0.150. The van der Waals surface area contributed by atoms with Crippen LogP contribution in [0.5, 0.6) is 0 Å². The van der Waals surface area contributed by atoms with E-state index in [4.69, 9.17) is 18.0 Å². The average molecular weight is 117 g/mol. The molecule has 0 N–H and O–H groups in total.